The highest BCUT2D eigenvalue weighted by Gasteiger charge is 2.22. The van der Waals surface area contributed by atoms with Crippen LogP contribution in [-0.4, -0.2) is 32.3 Å². The number of hydrogen-bond donors (Lipinski definition) is 1. The van der Waals surface area contributed by atoms with Gasteiger partial charge in [0.15, 0.2) is 0 Å². The summed E-state index contributed by atoms with van der Waals surface area (Å²) in [5.74, 6) is -0.265. The molecule has 0 aliphatic heterocycles. The first-order valence-corrected chi connectivity index (χ1v) is 10.1. The fourth-order valence-electron chi connectivity index (χ4n) is 2.54. The van der Waals surface area contributed by atoms with Gasteiger partial charge in [-0.2, -0.15) is 0 Å². The molecule has 2 aromatic carbocycles. The van der Waals surface area contributed by atoms with Gasteiger partial charge in [0.25, 0.3) is 5.91 Å². The van der Waals surface area contributed by atoms with Crippen molar-refractivity contribution in [1.29, 1.82) is 0 Å². The minimum atomic E-state index is -3.66. The molecule has 0 radical (unpaired) electrons. The van der Waals surface area contributed by atoms with Crippen molar-refractivity contribution in [1.82, 2.24) is 9.62 Å². The number of amides is 1. The maximum Gasteiger partial charge on any atom is 0.254 e. The second-order valence-corrected chi connectivity index (χ2v) is 8.60. The number of benzene rings is 2. The molecule has 1 unspecified atom stereocenters. The van der Waals surface area contributed by atoms with Crippen molar-refractivity contribution in [3.05, 3.63) is 64.7 Å². The van der Waals surface area contributed by atoms with Crippen LogP contribution in [0.15, 0.2) is 53.4 Å². The summed E-state index contributed by atoms with van der Waals surface area (Å²) in [6.07, 6.45) is 0. The van der Waals surface area contributed by atoms with E-state index in [1.54, 1.807) is 44.0 Å². The number of carbonyl (C=O) groups excluding carboxylic acids is 1. The molecule has 140 valence electrons. The van der Waals surface area contributed by atoms with Crippen LogP contribution in [0.3, 0.4) is 0 Å². The molecule has 0 bridgehead atoms. The molecule has 0 heterocycles. The van der Waals surface area contributed by atoms with Crippen molar-refractivity contribution in [2.45, 2.75) is 37.8 Å². The molecule has 2 aromatic rings. The summed E-state index contributed by atoms with van der Waals surface area (Å²) >= 11 is 6.03. The summed E-state index contributed by atoms with van der Waals surface area (Å²) < 4.78 is 27.2. The van der Waals surface area contributed by atoms with Crippen LogP contribution in [0.5, 0.6) is 0 Å². The molecule has 0 fully saturated rings. The van der Waals surface area contributed by atoms with Crippen LogP contribution in [-0.2, 0) is 10.0 Å². The molecule has 1 atom stereocenters. The lowest BCUT2D eigenvalue weighted by molar-refractivity contribution is 0.0742. The SMILES string of the molecule is CC(C)NS(=O)(=O)c1cccc(C(=O)N(C)C(C)c2cccc(Cl)c2)c1. The topological polar surface area (TPSA) is 66.5 Å². The van der Waals surface area contributed by atoms with Gasteiger partial charge in [-0.25, -0.2) is 13.1 Å². The lowest BCUT2D eigenvalue weighted by Crippen LogP contribution is -2.31. The normalized spacial score (nSPS) is 12.8. The van der Waals surface area contributed by atoms with Crippen molar-refractivity contribution in [3.63, 3.8) is 0 Å². The van der Waals surface area contributed by atoms with Crippen LogP contribution in [0.1, 0.15) is 42.7 Å². The Balaban J connectivity index is 2.28. The highest BCUT2D eigenvalue weighted by atomic mass is 35.5. The predicted octanol–water partition coefficient (Wildman–Crippen LogP) is 3.86. The molecule has 0 aromatic heterocycles. The Labute approximate surface area is 160 Å². The molecular weight excluding hydrogens is 372 g/mol. The second kappa shape index (κ2) is 8.20. The van der Waals surface area contributed by atoms with Gasteiger partial charge in [-0.05, 0) is 56.7 Å². The van der Waals surface area contributed by atoms with E-state index in [-0.39, 0.29) is 22.9 Å². The number of hydrogen-bond acceptors (Lipinski definition) is 3. The smallest absolute Gasteiger partial charge is 0.254 e. The van der Waals surface area contributed by atoms with E-state index in [0.29, 0.717) is 10.6 Å². The number of rotatable bonds is 6. The first kappa shape index (κ1) is 20.4. The van der Waals surface area contributed by atoms with Gasteiger partial charge in [0.05, 0.1) is 10.9 Å². The number of nitrogens with one attached hydrogen (secondary N) is 1. The van der Waals surface area contributed by atoms with Crippen LogP contribution in [0, 0.1) is 0 Å². The van der Waals surface area contributed by atoms with E-state index in [4.69, 9.17) is 11.6 Å². The lowest BCUT2D eigenvalue weighted by atomic mass is 10.1. The van der Waals surface area contributed by atoms with Gasteiger partial charge < -0.3 is 4.90 Å². The van der Waals surface area contributed by atoms with Gasteiger partial charge in [-0.1, -0.05) is 29.8 Å². The largest absolute Gasteiger partial charge is 0.335 e. The van der Waals surface area contributed by atoms with E-state index in [9.17, 15) is 13.2 Å². The van der Waals surface area contributed by atoms with E-state index in [2.05, 4.69) is 4.72 Å². The first-order chi connectivity index (χ1) is 12.1. The van der Waals surface area contributed by atoms with Gasteiger partial charge in [0.1, 0.15) is 0 Å². The zero-order valence-corrected chi connectivity index (χ0v) is 16.8. The summed E-state index contributed by atoms with van der Waals surface area (Å²) in [6.45, 7) is 5.38. The number of nitrogens with zero attached hydrogens (tertiary/aromatic N) is 1. The molecular formula is C19H23ClN2O3S. The van der Waals surface area contributed by atoms with E-state index < -0.39 is 10.0 Å². The number of halogens is 1. The molecule has 0 saturated carbocycles. The van der Waals surface area contributed by atoms with E-state index in [0.717, 1.165) is 5.56 Å². The predicted molar refractivity (Wildman–Crippen MR) is 104 cm³/mol. The molecule has 1 amide bonds. The Bertz CT molecular complexity index is 897. The van der Waals surface area contributed by atoms with Crippen molar-refractivity contribution >= 4 is 27.5 Å². The maximum absolute atomic E-state index is 12.8. The highest BCUT2D eigenvalue weighted by Crippen LogP contribution is 2.24. The third-order valence-electron chi connectivity index (χ3n) is 4.01. The molecule has 1 N–H and O–H groups in total. The maximum atomic E-state index is 12.8. The quantitative estimate of drug-likeness (QED) is 0.808. The molecule has 26 heavy (non-hydrogen) atoms. The second-order valence-electron chi connectivity index (χ2n) is 6.45. The molecule has 0 spiro atoms. The van der Waals surface area contributed by atoms with Crippen LogP contribution in [0.25, 0.3) is 0 Å². The van der Waals surface area contributed by atoms with E-state index >= 15 is 0 Å². The van der Waals surface area contributed by atoms with Crippen molar-refractivity contribution in [3.8, 4) is 0 Å². The van der Waals surface area contributed by atoms with Gasteiger partial charge in [0.2, 0.25) is 10.0 Å². The zero-order valence-electron chi connectivity index (χ0n) is 15.2. The summed E-state index contributed by atoms with van der Waals surface area (Å²) in [6, 6.07) is 12.9. The van der Waals surface area contributed by atoms with Crippen LogP contribution < -0.4 is 4.72 Å². The number of carbonyl (C=O) groups is 1. The van der Waals surface area contributed by atoms with Crippen LogP contribution >= 0.6 is 11.6 Å². The zero-order chi connectivity index (χ0) is 19.5. The molecule has 0 aliphatic rings. The summed E-state index contributed by atoms with van der Waals surface area (Å²) in [7, 11) is -1.98. The minimum Gasteiger partial charge on any atom is -0.335 e. The van der Waals surface area contributed by atoms with Crippen LogP contribution in [0.2, 0.25) is 5.02 Å². The monoisotopic (exact) mass is 394 g/mol. The Kier molecular flexibility index (Phi) is 6.44. The Hall–Kier alpha value is -1.89. The van der Waals surface area contributed by atoms with Crippen molar-refractivity contribution in [2.75, 3.05) is 7.05 Å². The van der Waals surface area contributed by atoms with E-state index in [1.807, 2.05) is 25.1 Å². The van der Waals surface area contributed by atoms with Gasteiger partial charge in [0, 0.05) is 23.7 Å². The van der Waals surface area contributed by atoms with Gasteiger partial charge >= 0.3 is 0 Å². The summed E-state index contributed by atoms with van der Waals surface area (Å²) in [5, 5.41) is 0.600. The highest BCUT2D eigenvalue weighted by molar-refractivity contribution is 7.89. The van der Waals surface area contributed by atoms with Crippen LogP contribution in [0.4, 0.5) is 0 Å². The fourth-order valence-corrected chi connectivity index (χ4v) is 4.04. The van der Waals surface area contributed by atoms with E-state index in [1.165, 1.54) is 12.1 Å². The third kappa shape index (κ3) is 4.84. The van der Waals surface area contributed by atoms with Crippen molar-refractivity contribution < 1.29 is 13.2 Å². The average molecular weight is 395 g/mol. The molecule has 0 aliphatic carbocycles. The van der Waals surface area contributed by atoms with Gasteiger partial charge in [-0.15, -0.1) is 0 Å². The average Bonchev–Trinajstić information content (AvgIpc) is 2.59. The Morgan fingerprint density at radius 1 is 1.08 bits per heavy atom. The molecule has 5 nitrogen and oxygen atoms in total. The standard InChI is InChI=1S/C19H23ClN2O3S/c1-13(2)21-26(24,25)18-10-6-8-16(12-18)19(23)22(4)14(3)15-7-5-9-17(20)11-15/h5-14,21H,1-4H3. The van der Waals surface area contributed by atoms with Gasteiger partial charge in [-0.3, -0.25) is 4.79 Å². The summed E-state index contributed by atoms with van der Waals surface area (Å²) in [4.78, 5) is 14.5. The first-order valence-electron chi connectivity index (χ1n) is 8.27. The molecule has 2 rings (SSSR count). The Morgan fingerprint density at radius 3 is 2.35 bits per heavy atom. The molecule has 7 heteroatoms. The number of sulfonamides is 1. The lowest BCUT2D eigenvalue weighted by Gasteiger charge is -2.26. The fraction of sp³-hybridized carbons (Fsp3) is 0.316. The Morgan fingerprint density at radius 2 is 1.73 bits per heavy atom. The minimum absolute atomic E-state index is 0.0702. The third-order valence-corrected chi connectivity index (χ3v) is 5.91. The van der Waals surface area contributed by atoms with Crippen molar-refractivity contribution in [2.24, 2.45) is 0 Å². The molecule has 0 saturated heterocycles. The summed E-state index contributed by atoms with van der Waals surface area (Å²) in [5.41, 5.74) is 1.21.